The van der Waals surface area contributed by atoms with Gasteiger partial charge in [0.1, 0.15) is 5.03 Å². The van der Waals surface area contributed by atoms with E-state index < -0.39 is 15.3 Å². The van der Waals surface area contributed by atoms with E-state index in [-0.39, 0.29) is 10.8 Å². The molecule has 1 unspecified atom stereocenters. The summed E-state index contributed by atoms with van der Waals surface area (Å²) in [4.78, 5) is 22.3. The SMILES string of the molecule is Cc1ccc(NC(=O)C(C)Sc2nc3ccccc3nc2C)cc1S(=O)(=O)N1CCOCC1. The maximum atomic E-state index is 13.1. The van der Waals surface area contributed by atoms with Crippen LogP contribution in [0.15, 0.2) is 52.4 Å². The molecule has 10 heteroatoms. The van der Waals surface area contributed by atoms with Gasteiger partial charge in [-0.2, -0.15) is 4.31 Å². The van der Waals surface area contributed by atoms with Crippen LogP contribution in [0.25, 0.3) is 11.0 Å². The molecule has 1 amide bonds. The lowest BCUT2D eigenvalue weighted by Gasteiger charge is -2.27. The molecular formula is C23H26N4O4S2. The van der Waals surface area contributed by atoms with Gasteiger partial charge in [-0.1, -0.05) is 30.0 Å². The number of amides is 1. The number of anilines is 1. The van der Waals surface area contributed by atoms with Crippen molar-refractivity contribution in [3.8, 4) is 0 Å². The number of benzene rings is 2. The van der Waals surface area contributed by atoms with Gasteiger partial charge in [0, 0.05) is 18.8 Å². The molecule has 1 aliphatic rings. The summed E-state index contributed by atoms with van der Waals surface area (Å²) in [6, 6.07) is 12.5. The van der Waals surface area contributed by atoms with Crippen molar-refractivity contribution in [2.24, 2.45) is 0 Å². The monoisotopic (exact) mass is 486 g/mol. The molecule has 1 fully saturated rings. The Bertz CT molecular complexity index is 1290. The molecule has 0 aliphatic carbocycles. The van der Waals surface area contributed by atoms with Crippen molar-refractivity contribution in [3.63, 3.8) is 0 Å². The van der Waals surface area contributed by atoms with E-state index in [1.54, 1.807) is 26.0 Å². The summed E-state index contributed by atoms with van der Waals surface area (Å²) in [6.45, 7) is 6.79. The molecule has 2 aromatic carbocycles. The number of morpholine rings is 1. The second-order valence-electron chi connectivity index (χ2n) is 7.85. The van der Waals surface area contributed by atoms with Gasteiger partial charge in [-0.25, -0.2) is 18.4 Å². The molecule has 3 aromatic rings. The van der Waals surface area contributed by atoms with Crippen LogP contribution in [0.5, 0.6) is 0 Å². The second kappa shape index (κ2) is 9.76. The molecule has 1 atom stereocenters. The molecule has 1 aromatic heterocycles. The third kappa shape index (κ3) is 5.19. The van der Waals surface area contributed by atoms with E-state index in [0.717, 1.165) is 16.7 Å². The first-order chi connectivity index (χ1) is 15.8. The summed E-state index contributed by atoms with van der Waals surface area (Å²) in [5.41, 5.74) is 3.41. The lowest BCUT2D eigenvalue weighted by molar-refractivity contribution is -0.115. The summed E-state index contributed by atoms with van der Waals surface area (Å²) in [5, 5.41) is 3.08. The maximum absolute atomic E-state index is 13.1. The van der Waals surface area contributed by atoms with E-state index in [2.05, 4.69) is 15.3 Å². The number of nitrogens with one attached hydrogen (secondary N) is 1. The average Bonchev–Trinajstić information content (AvgIpc) is 2.81. The summed E-state index contributed by atoms with van der Waals surface area (Å²) in [6.07, 6.45) is 0. The third-order valence-electron chi connectivity index (χ3n) is 5.40. The Morgan fingerprint density at radius 2 is 1.76 bits per heavy atom. The zero-order valence-corrected chi connectivity index (χ0v) is 20.4. The van der Waals surface area contributed by atoms with Crippen molar-refractivity contribution < 1.29 is 17.9 Å². The number of aromatic nitrogens is 2. The normalized spacial score (nSPS) is 16.0. The number of nitrogens with zero attached hydrogens (tertiary/aromatic N) is 3. The molecule has 4 rings (SSSR count). The summed E-state index contributed by atoms with van der Waals surface area (Å²) < 4.78 is 32.9. The van der Waals surface area contributed by atoms with Crippen LogP contribution in [-0.2, 0) is 19.6 Å². The van der Waals surface area contributed by atoms with Crippen LogP contribution in [-0.4, -0.2) is 60.2 Å². The Morgan fingerprint density at radius 1 is 1.09 bits per heavy atom. The van der Waals surface area contributed by atoms with Gasteiger partial charge in [-0.05, 0) is 50.6 Å². The summed E-state index contributed by atoms with van der Waals surface area (Å²) in [5.74, 6) is -0.243. The van der Waals surface area contributed by atoms with Crippen molar-refractivity contribution in [2.45, 2.75) is 35.9 Å². The highest BCUT2D eigenvalue weighted by molar-refractivity contribution is 8.00. The fraction of sp³-hybridized carbons (Fsp3) is 0.348. The minimum Gasteiger partial charge on any atom is -0.379 e. The van der Waals surface area contributed by atoms with E-state index >= 15 is 0 Å². The number of hydrogen-bond donors (Lipinski definition) is 1. The van der Waals surface area contributed by atoms with Crippen LogP contribution >= 0.6 is 11.8 Å². The first kappa shape index (κ1) is 23.6. The standard InChI is InChI=1S/C23H26N4O4S2/c1-15-8-9-18(14-21(15)33(29,30)27-10-12-31-13-11-27)25-22(28)17(3)32-23-16(2)24-19-6-4-5-7-20(19)26-23/h4-9,14,17H,10-13H2,1-3H3,(H,25,28). The first-order valence-electron chi connectivity index (χ1n) is 10.6. The van der Waals surface area contributed by atoms with Crippen LogP contribution in [0, 0.1) is 13.8 Å². The maximum Gasteiger partial charge on any atom is 0.243 e. The number of fused-ring (bicyclic) bond motifs is 1. The molecule has 1 N–H and O–H groups in total. The predicted octanol–water partition coefficient (Wildman–Crippen LogP) is 3.39. The Balaban J connectivity index is 1.50. The molecule has 174 valence electrons. The molecule has 2 heterocycles. The minimum absolute atomic E-state index is 0.193. The quantitative estimate of drug-likeness (QED) is 0.533. The molecule has 0 spiro atoms. The average molecular weight is 487 g/mol. The largest absolute Gasteiger partial charge is 0.379 e. The van der Waals surface area contributed by atoms with Gasteiger partial charge in [-0.3, -0.25) is 4.79 Å². The zero-order valence-electron chi connectivity index (χ0n) is 18.7. The molecule has 1 saturated heterocycles. The molecular weight excluding hydrogens is 460 g/mol. The summed E-state index contributed by atoms with van der Waals surface area (Å²) >= 11 is 1.32. The molecule has 0 bridgehead atoms. The smallest absolute Gasteiger partial charge is 0.243 e. The molecule has 1 aliphatic heterocycles. The lowest BCUT2D eigenvalue weighted by atomic mass is 10.2. The Kier molecular flexibility index (Phi) is 6.99. The minimum atomic E-state index is -3.67. The van der Waals surface area contributed by atoms with Crippen molar-refractivity contribution in [1.82, 2.24) is 14.3 Å². The van der Waals surface area contributed by atoms with Crippen molar-refractivity contribution >= 4 is 44.4 Å². The van der Waals surface area contributed by atoms with Gasteiger partial charge >= 0.3 is 0 Å². The van der Waals surface area contributed by atoms with Crippen LogP contribution in [0.2, 0.25) is 0 Å². The zero-order chi connectivity index (χ0) is 23.6. The highest BCUT2D eigenvalue weighted by atomic mass is 32.2. The van der Waals surface area contributed by atoms with Gasteiger partial charge in [0.05, 0.1) is 40.1 Å². The highest BCUT2D eigenvalue weighted by Gasteiger charge is 2.28. The number of ether oxygens (including phenoxy) is 1. The molecule has 8 nitrogen and oxygen atoms in total. The number of aryl methyl sites for hydroxylation is 2. The van der Waals surface area contributed by atoms with E-state index in [1.807, 2.05) is 31.2 Å². The van der Waals surface area contributed by atoms with Gasteiger partial charge in [-0.15, -0.1) is 0 Å². The molecule has 0 saturated carbocycles. The topological polar surface area (TPSA) is 101 Å². The van der Waals surface area contributed by atoms with Crippen molar-refractivity contribution in [1.29, 1.82) is 0 Å². The Labute approximate surface area is 197 Å². The Hall–Kier alpha value is -2.53. The van der Waals surface area contributed by atoms with Crippen LogP contribution in [0.4, 0.5) is 5.69 Å². The number of thioether (sulfide) groups is 1. The number of para-hydroxylation sites is 2. The number of rotatable bonds is 6. The van der Waals surface area contributed by atoms with Crippen molar-refractivity contribution in [3.05, 3.63) is 53.7 Å². The van der Waals surface area contributed by atoms with E-state index in [4.69, 9.17) is 4.74 Å². The van der Waals surface area contributed by atoms with Gasteiger partial charge in [0.15, 0.2) is 0 Å². The number of hydrogen-bond acceptors (Lipinski definition) is 7. The van der Waals surface area contributed by atoms with Crippen LogP contribution in [0.3, 0.4) is 0 Å². The first-order valence-corrected chi connectivity index (χ1v) is 13.0. The third-order valence-corrected chi connectivity index (χ3v) is 8.62. The number of carbonyl (C=O) groups excluding carboxylic acids is 1. The lowest BCUT2D eigenvalue weighted by Crippen LogP contribution is -2.40. The van der Waals surface area contributed by atoms with Crippen molar-refractivity contribution in [2.75, 3.05) is 31.6 Å². The van der Waals surface area contributed by atoms with Crippen LogP contribution in [0.1, 0.15) is 18.2 Å². The fourth-order valence-corrected chi connectivity index (χ4v) is 6.06. The van der Waals surface area contributed by atoms with Gasteiger partial charge in [0.25, 0.3) is 0 Å². The number of carbonyl (C=O) groups is 1. The second-order valence-corrected chi connectivity index (χ2v) is 11.1. The summed E-state index contributed by atoms with van der Waals surface area (Å²) in [7, 11) is -3.67. The fourth-order valence-electron chi connectivity index (χ4n) is 3.53. The van der Waals surface area contributed by atoms with E-state index in [0.29, 0.717) is 42.6 Å². The molecule has 0 radical (unpaired) electrons. The van der Waals surface area contributed by atoms with Gasteiger partial charge in [0.2, 0.25) is 15.9 Å². The van der Waals surface area contributed by atoms with E-state index in [9.17, 15) is 13.2 Å². The Morgan fingerprint density at radius 3 is 2.45 bits per heavy atom. The van der Waals surface area contributed by atoms with E-state index in [1.165, 1.54) is 22.1 Å². The van der Waals surface area contributed by atoms with Gasteiger partial charge < -0.3 is 10.1 Å². The molecule has 33 heavy (non-hydrogen) atoms. The predicted molar refractivity (Wildman–Crippen MR) is 129 cm³/mol. The number of sulfonamides is 1. The highest BCUT2D eigenvalue weighted by Crippen LogP contribution is 2.28. The van der Waals surface area contributed by atoms with Crippen LogP contribution < -0.4 is 5.32 Å².